The van der Waals surface area contributed by atoms with Gasteiger partial charge in [-0.25, -0.2) is 4.79 Å². The van der Waals surface area contributed by atoms with Crippen molar-refractivity contribution in [2.24, 2.45) is 0 Å². The molecule has 2 N–H and O–H groups in total. The van der Waals surface area contributed by atoms with E-state index in [2.05, 4.69) is 16.0 Å². The van der Waals surface area contributed by atoms with Gasteiger partial charge in [0.2, 0.25) is 0 Å². The van der Waals surface area contributed by atoms with Crippen molar-refractivity contribution in [3.05, 3.63) is 88.2 Å². The van der Waals surface area contributed by atoms with Crippen LogP contribution in [0.5, 0.6) is 0 Å². The Kier molecular flexibility index (Phi) is 5.84. The van der Waals surface area contributed by atoms with Crippen molar-refractivity contribution in [2.75, 3.05) is 5.32 Å². The first-order chi connectivity index (χ1) is 14.3. The second-order valence-electron chi connectivity index (χ2n) is 6.98. The SMILES string of the molecule is Cc1cccc(-n2c(C)cc(/C=C(/C#N)C(=O)Nc3ccccc3C(=O)O)c2C)c1. The minimum Gasteiger partial charge on any atom is -0.478 e. The van der Waals surface area contributed by atoms with Crippen molar-refractivity contribution in [1.82, 2.24) is 4.57 Å². The third-order valence-electron chi connectivity index (χ3n) is 4.80. The number of carbonyl (C=O) groups is 2. The summed E-state index contributed by atoms with van der Waals surface area (Å²) in [5, 5.41) is 21.3. The molecule has 6 nitrogen and oxygen atoms in total. The van der Waals surface area contributed by atoms with E-state index in [1.54, 1.807) is 12.1 Å². The fourth-order valence-electron chi connectivity index (χ4n) is 3.37. The van der Waals surface area contributed by atoms with Crippen LogP contribution in [0.3, 0.4) is 0 Å². The molecule has 0 saturated carbocycles. The first-order valence-corrected chi connectivity index (χ1v) is 9.33. The largest absolute Gasteiger partial charge is 0.478 e. The molecule has 0 aliphatic rings. The lowest BCUT2D eigenvalue weighted by molar-refractivity contribution is -0.112. The molecule has 1 aromatic heterocycles. The summed E-state index contributed by atoms with van der Waals surface area (Å²) in [4.78, 5) is 24.0. The molecule has 0 saturated heterocycles. The maximum Gasteiger partial charge on any atom is 0.337 e. The molecule has 3 aromatic rings. The molecule has 0 unspecified atom stereocenters. The number of nitriles is 1. The average Bonchev–Trinajstić information content (AvgIpc) is 2.99. The number of aryl methyl sites for hydroxylation is 2. The van der Waals surface area contributed by atoms with E-state index in [0.29, 0.717) is 0 Å². The van der Waals surface area contributed by atoms with Gasteiger partial charge in [-0.1, -0.05) is 24.3 Å². The highest BCUT2D eigenvalue weighted by Crippen LogP contribution is 2.24. The normalized spacial score (nSPS) is 11.1. The van der Waals surface area contributed by atoms with Gasteiger partial charge in [-0.2, -0.15) is 5.26 Å². The smallest absolute Gasteiger partial charge is 0.337 e. The van der Waals surface area contributed by atoms with Gasteiger partial charge in [-0.15, -0.1) is 0 Å². The summed E-state index contributed by atoms with van der Waals surface area (Å²) in [6.45, 7) is 5.90. The van der Waals surface area contributed by atoms with Gasteiger partial charge in [-0.3, -0.25) is 4.79 Å². The highest BCUT2D eigenvalue weighted by Gasteiger charge is 2.16. The van der Waals surface area contributed by atoms with Gasteiger partial charge in [0.1, 0.15) is 11.6 Å². The minimum absolute atomic E-state index is 0.0410. The number of para-hydroxylation sites is 1. The monoisotopic (exact) mass is 399 g/mol. The third-order valence-corrected chi connectivity index (χ3v) is 4.80. The molecule has 3 rings (SSSR count). The topological polar surface area (TPSA) is 95.1 Å². The Bertz CT molecular complexity index is 1210. The van der Waals surface area contributed by atoms with Crippen LogP contribution in [-0.2, 0) is 4.79 Å². The number of nitrogens with zero attached hydrogens (tertiary/aromatic N) is 2. The van der Waals surface area contributed by atoms with E-state index in [1.807, 2.05) is 51.1 Å². The predicted octanol–water partition coefficient (Wildman–Crippen LogP) is 4.65. The predicted molar refractivity (Wildman–Crippen MR) is 116 cm³/mol. The lowest BCUT2D eigenvalue weighted by atomic mass is 10.1. The molecule has 1 amide bonds. The molecule has 0 radical (unpaired) electrons. The van der Waals surface area contributed by atoms with Crippen LogP contribution in [0.1, 0.15) is 32.9 Å². The zero-order valence-corrected chi connectivity index (χ0v) is 16.9. The zero-order chi connectivity index (χ0) is 21.8. The first kappa shape index (κ1) is 20.6. The van der Waals surface area contributed by atoms with Crippen molar-refractivity contribution < 1.29 is 14.7 Å². The number of benzene rings is 2. The number of nitrogens with one attached hydrogen (secondary N) is 1. The lowest BCUT2D eigenvalue weighted by Gasteiger charge is -2.10. The van der Waals surface area contributed by atoms with Crippen LogP contribution in [0.4, 0.5) is 5.69 Å². The molecule has 2 aromatic carbocycles. The number of amides is 1. The summed E-state index contributed by atoms with van der Waals surface area (Å²) in [5.41, 5.74) is 4.73. The summed E-state index contributed by atoms with van der Waals surface area (Å²) < 4.78 is 2.06. The molecule has 0 bridgehead atoms. The van der Waals surface area contributed by atoms with Gasteiger partial charge < -0.3 is 15.0 Å². The average molecular weight is 399 g/mol. The molecule has 0 spiro atoms. The van der Waals surface area contributed by atoms with Crippen molar-refractivity contribution in [3.8, 4) is 11.8 Å². The first-order valence-electron chi connectivity index (χ1n) is 9.33. The standard InChI is InChI=1S/C24H21N3O3/c1-15-7-6-8-20(11-15)27-16(2)12-18(17(27)3)13-19(14-25)23(28)26-22-10-5-4-9-21(22)24(29)30/h4-13H,1-3H3,(H,26,28)(H,29,30)/b19-13-. The van der Waals surface area contributed by atoms with Gasteiger partial charge in [0.05, 0.1) is 11.3 Å². The van der Waals surface area contributed by atoms with Crippen LogP contribution in [0.15, 0.2) is 60.2 Å². The molecule has 0 fully saturated rings. The molecule has 150 valence electrons. The van der Waals surface area contributed by atoms with Crippen LogP contribution in [0, 0.1) is 32.1 Å². The van der Waals surface area contributed by atoms with Crippen LogP contribution < -0.4 is 5.32 Å². The number of aromatic carboxylic acids is 1. The summed E-state index contributed by atoms with van der Waals surface area (Å²) >= 11 is 0. The second-order valence-corrected chi connectivity index (χ2v) is 6.98. The van der Waals surface area contributed by atoms with E-state index in [-0.39, 0.29) is 16.8 Å². The number of hydrogen-bond donors (Lipinski definition) is 2. The van der Waals surface area contributed by atoms with Gasteiger partial charge in [-0.05, 0) is 68.3 Å². The summed E-state index contributed by atoms with van der Waals surface area (Å²) in [6, 6.07) is 18.0. The summed E-state index contributed by atoms with van der Waals surface area (Å²) in [5.74, 6) is -1.82. The zero-order valence-electron chi connectivity index (χ0n) is 16.9. The highest BCUT2D eigenvalue weighted by molar-refractivity contribution is 6.11. The van der Waals surface area contributed by atoms with Crippen LogP contribution >= 0.6 is 0 Å². The Hall–Kier alpha value is -4.11. The van der Waals surface area contributed by atoms with Crippen molar-refractivity contribution in [1.29, 1.82) is 5.26 Å². The van der Waals surface area contributed by atoms with Crippen molar-refractivity contribution in [2.45, 2.75) is 20.8 Å². The van der Waals surface area contributed by atoms with Crippen LogP contribution in [0.2, 0.25) is 0 Å². The number of hydrogen-bond acceptors (Lipinski definition) is 3. The maximum absolute atomic E-state index is 12.6. The fraction of sp³-hybridized carbons (Fsp3) is 0.125. The molecule has 0 aliphatic heterocycles. The van der Waals surface area contributed by atoms with Crippen molar-refractivity contribution in [3.63, 3.8) is 0 Å². The highest BCUT2D eigenvalue weighted by atomic mass is 16.4. The van der Waals surface area contributed by atoms with E-state index in [1.165, 1.54) is 18.2 Å². The number of carboxylic acids is 1. The van der Waals surface area contributed by atoms with Crippen molar-refractivity contribution >= 4 is 23.6 Å². The van der Waals surface area contributed by atoms with E-state index >= 15 is 0 Å². The van der Waals surface area contributed by atoms with E-state index < -0.39 is 11.9 Å². The van der Waals surface area contributed by atoms with E-state index in [0.717, 1.165) is 28.2 Å². The number of anilines is 1. The number of rotatable bonds is 5. The Labute approximate surface area is 174 Å². The Balaban J connectivity index is 1.96. The van der Waals surface area contributed by atoms with E-state index in [9.17, 15) is 20.0 Å². The van der Waals surface area contributed by atoms with Crippen LogP contribution in [0.25, 0.3) is 11.8 Å². The molecule has 0 aliphatic carbocycles. The Morgan fingerprint density at radius 2 is 1.80 bits per heavy atom. The van der Waals surface area contributed by atoms with E-state index in [4.69, 9.17) is 0 Å². The molecule has 0 atom stereocenters. The maximum atomic E-state index is 12.6. The van der Waals surface area contributed by atoms with Gasteiger partial charge in [0.25, 0.3) is 5.91 Å². The molecule has 1 heterocycles. The van der Waals surface area contributed by atoms with Gasteiger partial charge in [0, 0.05) is 17.1 Å². The third kappa shape index (κ3) is 4.15. The Morgan fingerprint density at radius 3 is 2.47 bits per heavy atom. The fourth-order valence-corrected chi connectivity index (χ4v) is 3.37. The summed E-state index contributed by atoms with van der Waals surface area (Å²) in [7, 11) is 0. The number of aromatic nitrogens is 1. The van der Waals surface area contributed by atoms with Crippen LogP contribution in [-0.4, -0.2) is 21.6 Å². The molecular formula is C24H21N3O3. The molecule has 6 heteroatoms. The second kappa shape index (κ2) is 8.50. The van der Waals surface area contributed by atoms with Gasteiger partial charge in [0.15, 0.2) is 0 Å². The molecular weight excluding hydrogens is 378 g/mol. The molecule has 30 heavy (non-hydrogen) atoms. The number of carboxylic acid groups (broad SMARTS) is 1. The number of carbonyl (C=O) groups excluding carboxylic acids is 1. The Morgan fingerprint density at radius 1 is 1.07 bits per heavy atom. The summed E-state index contributed by atoms with van der Waals surface area (Å²) in [6.07, 6.45) is 1.52. The quantitative estimate of drug-likeness (QED) is 0.482. The minimum atomic E-state index is -1.16. The lowest BCUT2D eigenvalue weighted by Crippen LogP contribution is -2.16. The van der Waals surface area contributed by atoms with Gasteiger partial charge >= 0.3 is 5.97 Å².